The quantitative estimate of drug-likeness (QED) is 0.629. The molecule has 1 amide bonds. The summed E-state index contributed by atoms with van der Waals surface area (Å²) in [6.45, 7) is 0.0743. The minimum absolute atomic E-state index is 0.0677. The molecular weight excluding hydrogens is 280 g/mol. The van der Waals surface area contributed by atoms with Gasteiger partial charge >= 0.3 is 0 Å². The number of hydrogen-bond donors (Lipinski definition) is 2. The first kappa shape index (κ1) is 15.5. The third kappa shape index (κ3) is 4.62. The Morgan fingerprint density at radius 1 is 1.32 bits per heavy atom. The lowest BCUT2D eigenvalue weighted by molar-refractivity contribution is -0.117. The van der Waals surface area contributed by atoms with Crippen LogP contribution in [0, 0.1) is 11.3 Å². The Morgan fingerprint density at radius 3 is 2.73 bits per heavy atom. The van der Waals surface area contributed by atoms with E-state index in [1.807, 2.05) is 36.4 Å². The lowest BCUT2D eigenvalue weighted by Gasteiger charge is -2.11. The van der Waals surface area contributed by atoms with Gasteiger partial charge < -0.3 is 14.8 Å². The van der Waals surface area contributed by atoms with Crippen molar-refractivity contribution in [2.45, 2.75) is 12.5 Å². The molecular formula is C17H16N2O3. The predicted octanol–water partition coefficient (Wildman–Crippen LogP) is 1.91. The van der Waals surface area contributed by atoms with Crippen molar-refractivity contribution in [1.29, 1.82) is 5.26 Å². The first-order valence-corrected chi connectivity index (χ1v) is 6.84. The molecule has 2 aromatic rings. The van der Waals surface area contributed by atoms with Crippen LogP contribution in [-0.4, -0.2) is 23.7 Å². The molecule has 5 nitrogen and oxygen atoms in total. The van der Waals surface area contributed by atoms with Gasteiger partial charge in [0, 0.05) is 19.0 Å². The molecule has 0 aliphatic carbocycles. The summed E-state index contributed by atoms with van der Waals surface area (Å²) in [6.07, 6.45) is 2.54. The molecule has 1 heterocycles. The Balaban J connectivity index is 1.87. The minimum atomic E-state index is -0.713. The molecule has 0 saturated carbocycles. The van der Waals surface area contributed by atoms with Crippen molar-refractivity contribution in [3.8, 4) is 6.07 Å². The van der Waals surface area contributed by atoms with Gasteiger partial charge in [0.05, 0.1) is 12.4 Å². The van der Waals surface area contributed by atoms with Crippen molar-refractivity contribution in [2.75, 3.05) is 6.54 Å². The van der Waals surface area contributed by atoms with Crippen LogP contribution in [-0.2, 0) is 11.2 Å². The molecule has 0 bridgehead atoms. The molecule has 2 rings (SSSR count). The van der Waals surface area contributed by atoms with E-state index in [2.05, 4.69) is 5.32 Å². The molecule has 1 aromatic heterocycles. The maximum Gasteiger partial charge on any atom is 0.262 e. The standard InChI is InChI=1S/C17H16N2O3/c18-11-14(10-16-7-4-8-22-16)17(21)19-12-15(20)9-13-5-2-1-3-6-13/h1-8,10,15,20H,9,12H2,(H,19,21)/b14-10+. The first-order chi connectivity index (χ1) is 10.7. The molecule has 0 spiro atoms. The number of furan rings is 1. The highest BCUT2D eigenvalue weighted by molar-refractivity contribution is 6.01. The van der Waals surface area contributed by atoms with Crippen LogP contribution in [0.2, 0.25) is 0 Å². The second-order valence-electron chi connectivity index (χ2n) is 4.74. The highest BCUT2D eigenvalue weighted by Crippen LogP contribution is 2.07. The van der Waals surface area contributed by atoms with E-state index < -0.39 is 12.0 Å². The number of aliphatic hydroxyl groups is 1. The molecule has 1 unspecified atom stereocenters. The fraction of sp³-hybridized carbons (Fsp3) is 0.176. The number of hydrogen-bond acceptors (Lipinski definition) is 4. The second kappa shape index (κ2) is 7.81. The maximum atomic E-state index is 11.9. The maximum absolute atomic E-state index is 11.9. The zero-order chi connectivity index (χ0) is 15.8. The van der Waals surface area contributed by atoms with E-state index in [4.69, 9.17) is 9.68 Å². The van der Waals surface area contributed by atoms with Crippen LogP contribution in [0.25, 0.3) is 6.08 Å². The Kier molecular flexibility index (Phi) is 5.52. The van der Waals surface area contributed by atoms with Crippen molar-refractivity contribution in [1.82, 2.24) is 5.32 Å². The normalized spacial score (nSPS) is 12.5. The summed E-state index contributed by atoms with van der Waals surface area (Å²) in [5, 5.41) is 21.5. The number of amides is 1. The van der Waals surface area contributed by atoms with Crippen molar-refractivity contribution in [2.24, 2.45) is 0 Å². The number of nitrogens with zero attached hydrogens (tertiary/aromatic N) is 1. The first-order valence-electron chi connectivity index (χ1n) is 6.84. The monoisotopic (exact) mass is 296 g/mol. The highest BCUT2D eigenvalue weighted by atomic mass is 16.3. The summed E-state index contributed by atoms with van der Waals surface area (Å²) in [6, 6.07) is 14.6. The molecule has 0 fully saturated rings. The van der Waals surface area contributed by atoms with Crippen molar-refractivity contribution >= 4 is 12.0 Å². The Labute approximate surface area is 128 Å². The third-order valence-electron chi connectivity index (χ3n) is 3.01. The molecule has 0 saturated heterocycles. The van der Waals surface area contributed by atoms with Crippen LogP contribution >= 0.6 is 0 Å². The smallest absolute Gasteiger partial charge is 0.262 e. The summed E-state index contributed by atoms with van der Waals surface area (Å²) in [5.41, 5.74) is 0.915. The van der Waals surface area contributed by atoms with E-state index in [1.54, 1.807) is 12.1 Å². The predicted molar refractivity (Wildman–Crippen MR) is 81.5 cm³/mol. The Bertz CT molecular complexity index is 670. The van der Waals surface area contributed by atoms with Gasteiger partial charge in [-0.1, -0.05) is 30.3 Å². The average molecular weight is 296 g/mol. The molecule has 0 aliphatic rings. The number of aliphatic hydroxyl groups excluding tert-OH is 1. The molecule has 1 aromatic carbocycles. The van der Waals surface area contributed by atoms with Crippen molar-refractivity contribution in [3.05, 3.63) is 65.6 Å². The Morgan fingerprint density at radius 2 is 2.09 bits per heavy atom. The largest absolute Gasteiger partial charge is 0.465 e. The second-order valence-corrected chi connectivity index (χ2v) is 4.74. The molecule has 22 heavy (non-hydrogen) atoms. The molecule has 112 valence electrons. The molecule has 1 atom stereocenters. The molecule has 5 heteroatoms. The van der Waals surface area contributed by atoms with Gasteiger partial charge in [-0.05, 0) is 17.7 Å². The van der Waals surface area contributed by atoms with Crippen LogP contribution in [0.1, 0.15) is 11.3 Å². The van der Waals surface area contributed by atoms with Gasteiger partial charge in [-0.15, -0.1) is 0 Å². The average Bonchev–Trinajstić information content (AvgIpc) is 3.04. The molecule has 2 N–H and O–H groups in total. The van der Waals surface area contributed by atoms with Gasteiger partial charge in [0.15, 0.2) is 0 Å². The van der Waals surface area contributed by atoms with Gasteiger partial charge in [0.2, 0.25) is 0 Å². The summed E-state index contributed by atoms with van der Waals surface area (Å²) >= 11 is 0. The van der Waals surface area contributed by atoms with Crippen molar-refractivity contribution < 1.29 is 14.3 Å². The Hall–Kier alpha value is -2.84. The molecule has 0 aliphatic heterocycles. The van der Waals surface area contributed by atoms with Gasteiger partial charge in [-0.3, -0.25) is 4.79 Å². The van der Waals surface area contributed by atoms with E-state index in [0.717, 1.165) is 5.56 Å². The van der Waals surface area contributed by atoms with Crippen molar-refractivity contribution in [3.63, 3.8) is 0 Å². The van der Waals surface area contributed by atoms with E-state index >= 15 is 0 Å². The van der Waals surface area contributed by atoms with Crippen LogP contribution < -0.4 is 5.32 Å². The van der Waals surface area contributed by atoms with Crippen LogP contribution in [0.15, 0.2) is 58.7 Å². The summed E-state index contributed by atoms with van der Waals surface area (Å²) in [4.78, 5) is 11.9. The third-order valence-corrected chi connectivity index (χ3v) is 3.01. The van der Waals surface area contributed by atoms with Gasteiger partial charge in [0.25, 0.3) is 5.91 Å². The number of nitrogens with one attached hydrogen (secondary N) is 1. The number of nitriles is 1. The van der Waals surface area contributed by atoms with Crippen LogP contribution in [0.5, 0.6) is 0 Å². The number of rotatable bonds is 6. The lowest BCUT2D eigenvalue weighted by atomic mass is 10.1. The zero-order valence-electron chi connectivity index (χ0n) is 11.9. The van der Waals surface area contributed by atoms with Gasteiger partial charge in [0.1, 0.15) is 17.4 Å². The highest BCUT2D eigenvalue weighted by Gasteiger charge is 2.12. The fourth-order valence-electron chi connectivity index (χ4n) is 1.93. The lowest BCUT2D eigenvalue weighted by Crippen LogP contribution is -2.33. The van der Waals surface area contributed by atoms with E-state index in [1.165, 1.54) is 12.3 Å². The topological polar surface area (TPSA) is 86.3 Å². The van der Waals surface area contributed by atoms with Gasteiger partial charge in [-0.25, -0.2) is 0 Å². The minimum Gasteiger partial charge on any atom is -0.465 e. The van der Waals surface area contributed by atoms with E-state index in [9.17, 15) is 9.90 Å². The number of carbonyl (C=O) groups is 1. The summed E-state index contributed by atoms with van der Waals surface area (Å²) in [7, 11) is 0. The van der Waals surface area contributed by atoms with E-state index in [-0.39, 0.29) is 12.1 Å². The fourth-order valence-corrected chi connectivity index (χ4v) is 1.93. The van der Waals surface area contributed by atoms with Crippen LogP contribution in [0.4, 0.5) is 0 Å². The van der Waals surface area contributed by atoms with E-state index in [0.29, 0.717) is 12.2 Å². The number of carbonyl (C=O) groups excluding carboxylic acids is 1. The van der Waals surface area contributed by atoms with Gasteiger partial charge in [-0.2, -0.15) is 5.26 Å². The summed E-state index contributed by atoms with van der Waals surface area (Å²) in [5.74, 6) is -0.109. The van der Waals surface area contributed by atoms with Crippen LogP contribution in [0.3, 0.4) is 0 Å². The summed E-state index contributed by atoms with van der Waals surface area (Å²) < 4.78 is 5.06. The molecule has 0 radical (unpaired) electrons. The SMILES string of the molecule is N#C/C(=C\c1ccco1)C(=O)NCC(O)Cc1ccccc1. The zero-order valence-corrected chi connectivity index (χ0v) is 11.9. The number of benzene rings is 1.